The zero-order chi connectivity index (χ0) is 20.6. The number of hydrogen-bond donors (Lipinski definition) is 2. The van der Waals surface area contributed by atoms with E-state index in [0.717, 1.165) is 10.8 Å². The van der Waals surface area contributed by atoms with Gasteiger partial charge in [-0.2, -0.15) is 0 Å². The summed E-state index contributed by atoms with van der Waals surface area (Å²) in [4.78, 5) is 24.0. The van der Waals surface area contributed by atoms with Crippen molar-refractivity contribution in [3.05, 3.63) is 66.7 Å². The van der Waals surface area contributed by atoms with E-state index >= 15 is 0 Å². The summed E-state index contributed by atoms with van der Waals surface area (Å²) in [6, 6.07) is 20.3. The van der Waals surface area contributed by atoms with Crippen LogP contribution < -0.4 is 25.1 Å². The molecule has 3 rings (SSSR count). The Morgan fingerprint density at radius 1 is 0.862 bits per heavy atom. The zero-order valence-corrected chi connectivity index (χ0v) is 16.2. The first-order chi connectivity index (χ1) is 14.0. The molecule has 0 aliphatic heterocycles. The molecule has 29 heavy (non-hydrogen) atoms. The Hall–Kier alpha value is -3.74. The number of hydrogen-bond acceptors (Lipinski definition) is 5. The molecule has 1 unspecified atom stereocenters. The van der Waals surface area contributed by atoms with Crippen LogP contribution in [0.1, 0.15) is 6.92 Å². The van der Waals surface area contributed by atoms with Gasteiger partial charge in [0.05, 0.1) is 7.11 Å². The second-order valence-electron chi connectivity index (χ2n) is 6.27. The lowest BCUT2D eigenvalue weighted by molar-refractivity contribution is -0.133. The van der Waals surface area contributed by atoms with E-state index in [1.165, 1.54) is 0 Å². The Labute approximate surface area is 168 Å². The highest BCUT2D eigenvalue weighted by Gasteiger charge is 2.15. The molecular formula is C22H22N2O5. The van der Waals surface area contributed by atoms with Gasteiger partial charge >= 0.3 is 0 Å². The lowest BCUT2D eigenvalue weighted by Crippen LogP contribution is -2.48. The molecule has 150 valence electrons. The van der Waals surface area contributed by atoms with E-state index in [-0.39, 0.29) is 6.61 Å². The van der Waals surface area contributed by atoms with E-state index in [1.807, 2.05) is 36.4 Å². The van der Waals surface area contributed by atoms with Crippen molar-refractivity contribution in [1.29, 1.82) is 0 Å². The fourth-order valence-electron chi connectivity index (χ4n) is 2.59. The lowest BCUT2D eigenvalue weighted by atomic mass is 10.1. The summed E-state index contributed by atoms with van der Waals surface area (Å²) < 4.78 is 16.1. The first-order valence-corrected chi connectivity index (χ1v) is 9.06. The average Bonchev–Trinajstić information content (AvgIpc) is 2.76. The summed E-state index contributed by atoms with van der Waals surface area (Å²) in [5.74, 6) is 0.804. The minimum atomic E-state index is -0.793. The maximum Gasteiger partial charge on any atom is 0.279 e. The number of amides is 2. The molecule has 0 bridgehead atoms. The van der Waals surface area contributed by atoms with Gasteiger partial charge in [0.2, 0.25) is 0 Å². The van der Waals surface area contributed by atoms with Crippen molar-refractivity contribution in [3.8, 4) is 17.2 Å². The highest BCUT2D eigenvalue weighted by atomic mass is 16.5. The van der Waals surface area contributed by atoms with Crippen molar-refractivity contribution in [1.82, 2.24) is 10.9 Å². The standard InChI is InChI=1S/C22H22N2O5/c1-15(29-20-8-7-16-5-3-4-6-17(16)13-20)22(26)24-23-21(25)14-28-19-11-9-18(27-2)10-12-19/h3-13,15H,14H2,1-2H3,(H,23,25)(H,24,26). The normalized spacial score (nSPS) is 11.4. The van der Waals surface area contributed by atoms with E-state index in [1.54, 1.807) is 44.4 Å². The third-order valence-corrected chi connectivity index (χ3v) is 4.16. The van der Waals surface area contributed by atoms with Gasteiger partial charge in [-0.3, -0.25) is 20.4 Å². The van der Waals surface area contributed by atoms with E-state index in [2.05, 4.69) is 10.9 Å². The Morgan fingerprint density at radius 3 is 2.24 bits per heavy atom. The van der Waals surface area contributed by atoms with Gasteiger partial charge in [0, 0.05) is 0 Å². The Kier molecular flexibility index (Phi) is 6.52. The maximum atomic E-state index is 12.2. The number of rotatable bonds is 7. The topological polar surface area (TPSA) is 85.9 Å². The van der Waals surface area contributed by atoms with Crippen LogP contribution in [0.5, 0.6) is 17.2 Å². The summed E-state index contributed by atoms with van der Waals surface area (Å²) in [6.45, 7) is 1.36. The van der Waals surface area contributed by atoms with Crippen LogP contribution in [0, 0.1) is 0 Å². The van der Waals surface area contributed by atoms with Crippen LogP contribution in [-0.4, -0.2) is 31.6 Å². The smallest absolute Gasteiger partial charge is 0.279 e. The van der Waals surface area contributed by atoms with E-state index < -0.39 is 17.9 Å². The minimum absolute atomic E-state index is 0.244. The van der Waals surface area contributed by atoms with Gasteiger partial charge in [-0.25, -0.2) is 0 Å². The zero-order valence-electron chi connectivity index (χ0n) is 16.2. The number of carbonyl (C=O) groups is 2. The van der Waals surface area contributed by atoms with Gasteiger partial charge < -0.3 is 14.2 Å². The third kappa shape index (κ3) is 5.62. The summed E-state index contributed by atoms with van der Waals surface area (Å²) in [6.07, 6.45) is -0.793. The number of benzene rings is 3. The number of ether oxygens (including phenoxy) is 3. The molecule has 0 aromatic heterocycles. The number of carbonyl (C=O) groups excluding carboxylic acids is 2. The van der Waals surface area contributed by atoms with Crippen LogP contribution in [0.3, 0.4) is 0 Å². The van der Waals surface area contributed by atoms with E-state index in [0.29, 0.717) is 17.2 Å². The predicted octanol–water partition coefficient (Wildman–Crippen LogP) is 2.84. The molecule has 0 aliphatic rings. The average molecular weight is 394 g/mol. The fourth-order valence-corrected chi connectivity index (χ4v) is 2.59. The van der Waals surface area contributed by atoms with Crippen molar-refractivity contribution in [2.45, 2.75) is 13.0 Å². The Morgan fingerprint density at radius 2 is 1.52 bits per heavy atom. The minimum Gasteiger partial charge on any atom is -0.497 e. The van der Waals surface area contributed by atoms with Crippen LogP contribution in [0.25, 0.3) is 10.8 Å². The van der Waals surface area contributed by atoms with Crippen molar-refractivity contribution in [2.75, 3.05) is 13.7 Å². The lowest BCUT2D eigenvalue weighted by Gasteiger charge is -2.15. The first-order valence-electron chi connectivity index (χ1n) is 9.06. The van der Waals surface area contributed by atoms with Gasteiger partial charge in [0.25, 0.3) is 11.8 Å². The molecule has 0 heterocycles. The summed E-state index contributed by atoms with van der Waals surface area (Å²) >= 11 is 0. The van der Waals surface area contributed by atoms with Crippen LogP contribution in [-0.2, 0) is 9.59 Å². The van der Waals surface area contributed by atoms with E-state index in [4.69, 9.17) is 14.2 Å². The van der Waals surface area contributed by atoms with Crippen molar-refractivity contribution in [2.24, 2.45) is 0 Å². The fraction of sp³-hybridized carbons (Fsp3) is 0.182. The number of methoxy groups -OCH3 is 1. The largest absolute Gasteiger partial charge is 0.497 e. The summed E-state index contributed by atoms with van der Waals surface area (Å²) in [5.41, 5.74) is 4.63. The molecule has 0 saturated carbocycles. The molecular weight excluding hydrogens is 372 g/mol. The monoisotopic (exact) mass is 394 g/mol. The SMILES string of the molecule is COc1ccc(OCC(=O)NNC(=O)C(C)Oc2ccc3ccccc3c2)cc1. The summed E-state index contributed by atoms with van der Waals surface area (Å²) in [5, 5.41) is 2.10. The predicted molar refractivity (Wildman–Crippen MR) is 109 cm³/mol. The second kappa shape index (κ2) is 9.45. The molecule has 0 saturated heterocycles. The molecule has 0 radical (unpaired) electrons. The van der Waals surface area contributed by atoms with Crippen molar-refractivity contribution in [3.63, 3.8) is 0 Å². The number of nitrogens with one attached hydrogen (secondary N) is 2. The van der Waals surface area contributed by atoms with Crippen molar-refractivity contribution < 1.29 is 23.8 Å². The molecule has 3 aromatic rings. The van der Waals surface area contributed by atoms with Crippen LogP contribution in [0.4, 0.5) is 0 Å². The Bertz CT molecular complexity index is 988. The van der Waals surface area contributed by atoms with Crippen LogP contribution in [0.2, 0.25) is 0 Å². The van der Waals surface area contributed by atoms with Crippen molar-refractivity contribution >= 4 is 22.6 Å². The second-order valence-corrected chi connectivity index (χ2v) is 6.27. The molecule has 0 aliphatic carbocycles. The first kappa shape index (κ1) is 20.0. The molecule has 1 atom stereocenters. The molecule has 2 N–H and O–H groups in total. The molecule has 7 heteroatoms. The van der Waals surface area contributed by atoms with Crippen LogP contribution >= 0.6 is 0 Å². The summed E-state index contributed by atoms with van der Waals surface area (Å²) in [7, 11) is 1.57. The van der Waals surface area contributed by atoms with Gasteiger partial charge in [0.1, 0.15) is 17.2 Å². The highest BCUT2D eigenvalue weighted by Crippen LogP contribution is 2.21. The van der Waals surface area contributed by atoms with Gasteiger partial charge in [-0.15, -0.1) is 0 Å². The Balaban J connectivity index is 1.44. The highest BCUT2D eigenvalue weighted by molar-refractivity contribution is 5.86. The quantitative estimate of drug-likeness (QED) is 0.602. The van der Waals surface area contributed by atoms with E-state index in [9.17, 15) is 9.59 Å². The van der Waals surface area contributed by atoms with Gasteiger partial charge in [-0.05, 0) is 54.1 Å². The molecule has 7 nitrogen and oxygen atoms in total. The van der Waals surface area contributed by atoms with Gasteiger partial charge in [-0.1, -0.05) is 30.3 Å². The molecule has 3 aromatic carbocycles. The molecule has 2 amide bonds. The van der Waals surface area contributed by atoms with Crippen LogP contribution in [0.15, 0.2) is 66.7 Å². The molecule has 0 fully saturated rings. The number of fused-ring (bicyclic) bond motifs is 1. The molecule has 0 spiro atoms. The third-order valence-electron chi connectivity index (χ3n) is 4.16. The van der Waals surface area contributed by atoms with Gasteiger partial charge in [0.15, 0.2) is 12.7 Å². The number of hydrazine groups is 1. The maximum absolute atomic E-state index is 12.2.